The lowest BCUT2D eigenvalue weighted by atomic mass is 9.81. The van der Waals surface area contributed by atoms with E-state index in [-0.39, 0.29) is 36.2 Å². The molecular weight excluding hydrogens is 581 g/mol. The lowest BCUT2D eigenvalue weighted by molar-refractivity contribution is -0.150. The van der Waals surface area contributed by atoms with Gasteiger partial charge in [-0.25, -0.2) is 23.2 Å². The standard InChI is InChI=1S/C27H30F5N7O4/c28-26(29)8-5-14(6-9-26)20(36-24(41)21-19(13-1-2-13)37-43-38-21)23(40)35-18-11-16(7-10-33-18)22(15-3-4-15)39-12-17(27(30,31)32)34-25(39)42/h7,10-11,13-15,17,20,22H,1-6,8-9,12H2,(H,34,42)(H,36,41)(H,33,35,40)/t17-,20-,22?/m0/s1. The topological polar surface area (TPSA) is 142 Å². The maximum atomic E-state index is 13.9. The third-order valence-corrected chi connectivity index (χ3v) is 8.61. The monoisotopic (exact) mass is 611 g/mol. The number of nitrogens with one attached hydrogen (secondary N) is 3. The molecule has 3 aliphatic carbocycles. The fourth-order valence-corrected chi connectivity index (χ4v) is 5.98. The molecule has 2 aromatic rings. The summed E-state index contributed by atoms with van der Waals surface area (Å²) in [5, 5.41) is 14.8. The molecule has 2 aromatic heterocycles. The van der Waals surface area contributed by atoms with E-state index < -0.39 is 73.4 Å². The summed E-state index contributed by atoms with van der Waals surface area (Å²) in [6.45, 7) is -0.548. The molecule has 1 unspecified atom stereocenters. The number of nitrogens with zero attached hydrogens (tertiary/aromatic N) is 4. The molecule has 0 spiro atoms. The lowest BCUT2D eigenvalue weighted by Crippen LogP contribution is -2.50. The number of anilines is 1. The van der Waals surface area contributed by atoms with Crippen LogP contribution in [0.25, 0.3) is 0 Å². The highest BCUT2D eigenvalue weighted by molar-refractivity contribution is 6.00. The van der Waals surface area contributed by atoms with Gasteiger partial charge in [0, 0.05) is 25.0 Å². The molecule has 11 nitrogen and oxygen atoms in total. The summed E-state index contributed by atoms with van der Waals surface area (Å²) in [6, 6.07) is -1.64. The second-order valence-corrected chi connectivity index (χ2v) is 11.9. The van der Waals surface area contributed by atoms with Crippen molar-refractivity contribution in [3.8, 4) is 0 Å². The van der Waals surface area contributed by atoms with Gasteiger partial charge in [-0.1, -0.05) is 5.16 Å². The van der Waals surface area contributed by atoms with E-state index in [9.17, 15) is 36.3 Å². The van der Waals surface area contributed by atoms with Gasteiger partial charge >= 0.3 is 12.2 Å². The number of urea groups is 1. The second kappa shape index (κ2) is 11.0. The Bertz CT molecular complexity index is 1380. The van der Waals surface area contributed by atoms with Crippen LogP contribution in [0.15, 0.2) is 23.0 Å². The van der Waals surface area contributed by atoms with Crippen LogP contribution in [0, 0.1) is 11.8 Å². The Morgan fingerprint density at radius 1 is 1.07 bits per heavy atom. The van der Waals surface area contributed by atoms with Gasteiger partial charge in [-0.2, -0.15) is 13.2 Å². The summed E-state index contributed by atoms with van der Waals surface area (Å²) < 4.78 is 72.6. The van der Waals surface area contributed by atoms with Gasteiger partial charge in [-0.15, -0.1) is 0 Å². The molecule has 3 atom stereocenters. The molecule has 16 heteroatoms. The molecule has 232 valence electrons. The molecule has 4 fully saturated rings. The Kier molecular flexibility index (Phi) is 7.49. The van der Waals surface area contributed by atoms with Crippen LogP contribution < -0.4 is 16.0 Å². The third-order valence-electron chi connectivity index (χ3n) is 8.61. The van der Waals surface area contributed by atoms with Crippen LogP contribution in [0.2, 0.25) is 0 Å². The van der Waals surface area contributed by atoms with Crippen molar-refractivity contribution in [1.82, 2.24) is 30.8 Å². The quantitative estimate of drug-likeness (QED) is 0.359. The van der Waals surface area contributed by atoms with E-state index in [1.54, 1.807) is 6.07 Å². The summed E-state index contributed by atoms with van der Waals surface area (Å²) in [5.74, 6) is -4.87. The third kappa shape index (κ3) is 6.42. The van der Waals surface area contributed by atoms with Crippen molar-refractivity contribution in [3.63, 3.8) is 0 Å². The van der Waals surface area contributed by atoms with Gasteiger partial charge in [0.2, 0.25) is 11.8 Å². The molecule has 3 heterocycles. The molecule has 4 aliphatic rings. The van der Waals surface area contributed by atoms with Crippen LogP contribution in [0.4, 0.5) is 32.6 Å². The number of alkyl halides is 5. The number of carbonyl (C=O) groups excluding carboxylic acids is 3. The number of rotatable bonds is 9. The first kappa shape index (κ1) is 29.2. The summed E-state index contributed by atoms with van der Waals surface area (Å²) in [5.41, 5.74) is 0.812. The van der Waals surface area contributed by atoms with E-state index in [0.29, 0.717) is 11.3 Å². The lowest BCUT2D eigenvalue weighted by Gasteiger charge is -2.33. The summed E-state index contributed by atoms with van der Waals surface area (Å²) in [7, 11) is 0. The number of halogens is 5. The first-order valence-electron chi connectivity index (χ1n) is 14.3. The predicted octanol–water partition coefficient (Wildman–Crippen LogP) is 4.31. The van der Waals surface area contributed by atoms with E-state index in [4.69, 9.17) is 4.63 Å². The highest BCUT2D eigenvalue weighted by atomic mass is 19.4. The molecule has 0 bridgehead atoms. The van der Waals surface area contributed by atoms with Crippen molar-refractivity contribution in [3.05, 3.63) is 35.3 Å². The molecule has 0 radical (unpaired) electrons. The van der Waals surface area contributed by atoms with Gasteiger partial charge < -0.3 is 20.9 Å². The molecule has 1 aliphatic heterocycles. The van der Waals surface area contributed by atoms with Gasteiger partial charge in [-0.3, -0.25) is 9.59 Å². The van der Waals surface area contributed by atoms with E-state index >= 15 is 0 Å². The van der Waals surface area contributed by atoms with E-state index in [1.165, 1.54) is 12.3 Å². The largest absolute Gasteiger partial charge is 0.410 e. The van der Waals surface area contributed by atoms with E-state index in [0.717, 1.165) is 30.6 Å². The smallest absolute Gasteiger partial charge is 0.338 e. The van der Waals surface area contributed by atoms with Crippen LogP contribution in [0.1, 0.15) is 85.1 Å². The van der Waals surface area contributed by atoms with Gasteiger partial charge in [0.25, 0.3) is 5.91 Å². The zero-order valence-electron chi connectivity index (χ0n) is 22.9. The molecule has 4 amide bonds. The number of aromatic nitrogens is 3. The van der Waals surface area contributed by atoms with Gasteiger partial charge in [-0.05, 0) is 73.2 Å². The summed E-state index contributed by atoms with van der Waals surface area (Å²) in [6.07, 6.45) is -1.07. The molecular formula is C27H30F5N7O4. The first-order valence-corrected chi connectivity index (χ1v) is 14.3. The Balaban J connectivity index is 1.21. The first-order chi connectivity index (χ1) is 20.4. The Labute approximate surface area is 242 Å². The normalized spacial score (nSPS) is 23.9. The fourth-order valence-electron chi connectivity index (χ4n) is 5.98. The van der Waals surface area contributed by atoms with Crippen molar-refractivity contribution in [2.45, 2.75) is 87.5 Å². The van der Waals surface area contributed by atoms with Crippen molar-refractivity contribution in [2.24, 2.45) is 11.8 Å². The minimum absolute atomic E-state index is 0.0143. The van der Waals surface area contributed by atoms with Crippen LogP contribution >= 0.6 is 0 Å². The Morgan fingerprint density at radius 2 is 1.79 bits per heavy atom. The predicted molar refractivity (Wildman–Crippen MR) is 138 cm³/mol. The van der Waals surface area contributed by atoms with Crippen LogP contribution in [-0.2, 0) is 4.79 Å². The molecule has 0 aromatic carbocycles. The number of carbonyl (C=O) groups is 3. The highest BCUT2D eigenvalue weighted by Gasteiger charge is 2.51. The van der Waals surface area contributed by atoms with Crippen molar-refractivity contribution in [1.29, 1.82) is 0 Å². The summed E-state index contributed by atoms with van der Waals surface area (Å²) in [4.78, 5) is 44.6. The van der Waals surface area contributed by atoms with Gasteiger partial charge in [0.1, 0.15) is 23.6 Å². The number of hydrogen-bond donors (Lipinski definition) is 3. The van der Waals surface area contributed by atoms with E-state index in [1.807, 2.05) is 5.32 Å². The molecule has 3 N–H and O–H groups in total. The van der Waals surface area contributed by atoms with Crippen LogP contribution in [0.5, 0.6) is 0 Å². The Hall–Kier alpha value is -3.85. The van der Waals surface area contributed by atoms with Crippen molar-refractivity contribution >= 4 is 23.7 Å². The van der Waals surface area contributed by atoms with Crippen LogP contribution in [0.3, 0.4) is 0 Å². The zero-order valence-corrected chi connectivity index (χ0v) is 22.9. The highest BCUT2D eigenvalue weighted by Crippen LogP contribution is 2.46. The van der Waals surface area contributed by atoms with Crippen molar-refractivity contribution in [2.75, 3.05) is 11.9 Å². The maximum Gasteiger partial charge on any atom is 0.410 e. The number of amides is 4. The minimum atomic E-state index is -4.60. The number of pyridine rings is 1. The zero-order chi connectivity index (χ0) is 30.5. The second-order valence-electron chi connectivity index (χ2n) is 11.9. The molecule has 6 rings (SSSR count). The van der Waals surface area contributed by atoms with Gasteiger partial charge in [0.15, 0.2) is 5.69 Å². The fraction of sp³-hybridized carbons (Fsp3) is 0.630. The SMILES string of the molecule is O=C(N[C@H](C(=O)Nc1cc(C(C2CC2)N2C[C@@H](C(F)(F)F)NC2=O)ccn1)C1CCC(F)(F)CC1)c1nonc1C1CC1. The average molecular weight is 612 g/mol. The summed E-state index contributed by atoms with van der Waals surface area (Å²) >= 11 is 0. The number of hydrogen-bond acceptors (Lipinski definition) is 7. The van der Waals surface area contributed by atoms with Gasteiger partial charge in [0.05, 0.1) is 12.6 Å². The molecule has 43 heavy (non-hydrogen) atoms. The molecule has 1 saturated heterocycles. The maximum absolute atomic E-state index is 13.9. The average Bonchev–Trinajstić information content (AvgIpc) is 3.88. The minimum Gasteiger partial charge on any atom is -0.338 e. The van der Waals surface area contributed by atoms with Crippen molar-refractivity contribution < 1.29 is 41.0 Å². The Morgan fingerprint density at radius 3 is 2.42 bits per heavy atom. The molecule has 3 saturated carbocycles. The van der Waals surface area contributed by atoms with E-state index in [2.05, 4.69) is 25.9 Å². The van der Waals surface area contributed by atoms with Crippen LogP contribution in [-0.4, -0.2) is 68.8 Å².